The van der Waals surface area contributed by atoms with Gasteiger partial charge in [-0.2, -0.15) is 5.10 Å². The number of likely N-dealkylation sites (tertiary alicyclic amines) is 1. The zero-order chi connectivity index (χ0) is 20.9. The van der Waals surface area contributed by atoms with E-state index in [-0.39, 0.29) is 18.2 Å². The number of carbonyl (C=O) groups excluding carboxylic acids is 1. The number of amides is 1. The first-order chi connectivity index (χ1) is 14.7. The molecule has 8 heteroatoms. The van der Waals surface area contributed by atoms with Crippen LogP contribution in [-0.2, 0) is 9.47 Å². The Morgan fingerprint density at radius 2 is 2.13 bits per heavy atom. The number of hydrogen-bond acceptors (Lipinski definition) is 6. The summed E-state index contributed by atoms with van der Waals surface area (Å²) in [4.78, 5) is 13.7. The van der Waals surface area contributed by atoms with Crippen LogP contribution in [0.2, 0.25) is 0 Å². The lowest BCUT2D eigenvalue weighted by Gasteiger charge is -2.38. The van der Waals surface area contributed by atoms with E-state index in [2.05, 4.69) is 33.1 Å². The Morgan fingerprint density at radius 1 is 1.30 bits per heavy atom. The Balaban J connectivity index is 1.28. The van der Waals surface area contributed by atoms with Crippen LogP contribution in [0.4, 0.5) is 4.79 Å². The van der Waals surface area contributed by atoms with Crippen molar-refractivity contribution in [1.82, 2.24) is 19.8 Å². The Morgan fingerprint density at radius 3 is 2.90 bits per heavy atom. The van der Waals surface area contributed by atoms with Gasteiger partial charge in [0.15, 0.2) is 0 Å². The third-order valence-electron chi connectivity index (χ3n) is 6.59. The van der Waals surface area contributed by atoms with Crippen molar-refractivity contribution in [3.8, 4) is 0 Å². The Kier molecular flexibility index (Phi) is 7.17. The van der Waals surface area contributed by atoms with Gasteiger partial charge in [-0.25, -0.2) is 4.79 Å². The topological polar surface area (TPSA) is 79.5 Å². The van der Waals surface area contributed by atoms with Crippen molar-refractivity contribution in [3.05, 3.63) is 30.0 Å². The fraction of sp³-hybridized carbons (Fsp3) is 0.636. The third-order valence-corrected chi connectivity index (χ3v) is 7.13. The minimum atomic E-state index is -0.263. The van der Waals surface area contributed by atoms with Crippen LogP contribution in [0.1, 0.15) is 43.6 Å². The van der Waals surface area contributed by atoms with E-state index in [4.69, 9.17) is 9.47 Å². The number of aromatic nitrogens is 2. The SMILES string of the molecule is COC(=O)N1CCC(NSC)C(OCC2CCC(c3ccc4[nH]ncc4c3)CC2)C1. The van der Waals surface area contributed by atoms with Gasteiger partial charge in [-0.15, -0.1) is 0 Å². The Bertz CT molecular complexity index is 837. The molecule has 164 valence electrons. The van der Waals surface area contributed by atoms with Gasteiger partial charge in [0.1, 0.15) is 0 Å². The van der Waals surface area contributed by atoms with Gasteiger partial charge in [0.25, 0.3) is 0 Å². The molecular weight excluding hydrogens is 400 g/mol. The molecule has 2 aromatic rings. The zero-order valence-corrected chi connectivity index (χ0v) is 18.6. The summed E-state index contributed by atoms with van der Waals surface area (Å²) in [6.07, 6.45) is 9.32. The number of aromatic amines is 1. The number of rotatable bonds is 6. The summed E-state index contributed by atoms with van der Waals surface area (Å²) in [5, 5.41) is 8.35. The minimum absolute atomic E-state index is 0.00604. The number of piperidine rings is 1. The van der Waals surface area contributed by atoms with Crippen LogP contribution in [0.25, 0.3) is 10.9 Å². The molecule has 2 heterocycles. The highest BCUT2D eigenvalue weighted by molar-refractivity contribution is 7.96. The van der Waals surface area contributed by atoms with Gasteiger partial charge in [-0.1, -0.05) is 18.0 Å². The minimum Gasteiger partial charge on any atom is -0.453 e. The number of carbonyl (C=O) groups is 1. The second kappa shape index (κ2) is 10.0. The molecule has 1 aliphatic carbocycles. The Hall–Kier alpha value is -1.77. The average Bonchev–Trinajstić information content (AvgIpc) is 3.26. The van der Waals surface area contributed by atoms with E-state index >= 15 is 0 Å². The highest BCUT2D eigenvalue weighted by Gasteiger charge is 2.33. The van der Waals surface area contributed by atoms with Crippen molar-refractivity contribution in [2.24, 2.45) is 5.92 Å². The molecule has 1 saturated carbocycles. The van der Waals surface area contributed by atoms with Crippen molar-refractivity contribution < 1.29 is 14.3 Å². The summed E-state index contributed by atoms with van der Waals surface area (Å²) >= 11 is 1.62. The molecule has 0 bridgehead atoms. The fourth-order valence-electron chi connectivity index (χ4n) is 4.80. The normalized spacial score (nSPS) is 27.3. The maximum Gasteiger partial charge on any atom is 0.409 e. The molecular formula is C22H32N4O3S. The number of H-pyrrole nitrogens is 1. The predicted octanol–water partition coefficient (Wildman–Crippen LogP) is 3.93. The summed E-state index contributed by atoms with van der Waals surface area (Å²) in [5.74, 6) is 1.21. The number of benzene rings is 1. The molecule has 0 spiro atoms. The van der Waals surface area contributed by atoms with E-state index < -0.39 is 0 Å². The highest BCUT2D eigenvalue weighted by Crippen LogP contribution is 2.37. The van der Waals surface area contributed by atoms with Gasteiger partial charge in [0, 0.05) is 24.6 Å². The lowest BCUT2D eigenvalue weighted by atomic mass is 9.79. The van der Waals surface area contributed by atoms with Crippen molar-refractivity contribution >= 4 is 28.9 Å². The van der Waals surface area contributed by atoms with E-state index in [1.807, 2.05) is 12.5 Å². The summed E-state index contributed by atoms with van der Waals surface area (Å²) in [7, 11) is 1.44. The Labute approximate surface area is 182 Å². The first kappa shape index (κ1) is 21.5. The van der Waals surface area contributed by atoms with E-state index in [1.54, 1.807) is 16.8 Å². The quantitative estimate of drug-likeness (QED) is 0.674. The van der Waals surface area contributed by atoms with Gasteiger partial charge in [-0.3, -0.25) is 9.82 Å². The fourth-order valence-corrected chi connectivity index (χ4v) is 5.38. The van der Waals surface area contributed by atoms with Gasteiger partial charge in [0.05, 0.1) is 31.5 Å². The van der Waals surface area contributed by atoms with E-state index in [1.165, 1.54) is 43.7 Å². The maximum absolute atomic E-state index is 11.9. The molecule has 2 fully saturated rings. The number of methoxy groups -OCH3 is 1. The molecule has 2 unspecified atom stereocenters. The second-order valence-electron chi connectivity index (χ2n) is 8.44. The van der Waals surface area contributed by atoms with Crippen LogP contribution >= 0.6 is 11.9 Å². The van der Waals surface area contributed by atoms with Crippen molar-refractivity contribution in [2.45, 2.75) is 50.2 Å². The molecule has 7 nitrogen and oxygen atoms in total. The summed E-state index contributed by atoms with van der Waals surface area (Å²) in [5.41, 5.74) is 2.52. The molecule has 2 N–H and O–H groups in total. The molecule has 1 amide bonds. The van der Waals surface area contributed by atoms with Crippen LogP contribution in [0.15, 0.2) is 24.4 Å². The number of fused-ring (bicyclic) bond motifs is 1. The van der Waals surface area contributed by atoms with Crippen LogP contribution < -0.4 is 4.72 Å². The number of hydrogen-bond donors (Lipinski definition) is 2. The van der Waals surface area contributed by atoms with Crippen LogP contribution in [0.5, 0.6) is 0 Å². The summed E-state index contributed by atoms with van der Waals surface area (Å²) in [6, 6.07) is 6.92. The number of nitrogens with one attached hydrogen (secondary N) is 2. The van der Waals surface area contributed by atoms with Gasteiger partial charge < -0.3 is 14.4 Å². The molecule has 4 rings (SSSR count). The van der Waals surface area contributed by atoms with Crippen LogP contribution in [-0.4, -0.2) is 66.4 Å². The first-order valence-corrected chi connectivity index (χ1v) is 12.1. The van der Waals surface area contributed by atoms with E-state index in [0.717, 1.165) is 18.5 Å². The molecule has 1 aliphatic heterocycles. The molecule has 2 atom stereocenters. The molecule has 2 aliphatic rings. The van der Waals surface area contributed by atoms with E-state index in [0.29, 0.717) is 24.9 Å². The first-order valence-electron chi connectivity index (χ1n) is 10.8. The lowest BCUT2D eigenvalue weighted by Crippen LogP contribution is -2.54. The van der Waals surface area contributed by atoms with E-state index in [9.17, 15) is 4.79 Å². The average molecular weight is 433 g/mol. The summed E-state index contributed by atoms with van der Waals surface area (Å²) < 4.78 is 14.7. The van der Waals surface area contributed by atoms with Crippen molar-refractivity contribution in [1.29, 1.82) is 0 Å². The molecule has 1 saturated heterocycles. The molecule has 1 aromatic carbocycles. The smallest absolute Gasteiger partial charge is 0.409 e. The molecule has 1 aromatic heterocycles. The van der Waals surface area contributed by atoms with Crippen molar-refractivity contribution in [2.75, 3.05) is 33.1 Å². The largest absolute Gasteiger partial charge is 0.453 e. The van der Waals surface area contributed by atoms with Crippen molar-refractivity contribution in [3.63, 3.8) is 0 Å². The molecule has 30 heavy (non-hydrogen) atoms. The highest BCUT2D eigenvalue weighted by atomic mass is 32.2. The van der Waals surface area contributed by atoms with Gasteiger partial charge in [0.2, 0.25) is 0 Å². The molecule has 0 radical (unpaired) electrons. The summed E-state index contributed by atoms with van der Waals surface area (Å²) in [6.45, 7) is 2.06. The van der Waals surface area contributed by atoms with Gasteiger partial charge in [-0.05, 0) is 67.9 Å². The van der Waals surface area contributed by atoms with Crippen LogP contribution in [0.3, 0.4) is 0 Å². The van der Waals surface area contributed by atoms with Gasteiger partial charge >= 0.3 is 6.09 Å². The number of ether oxygens (including phenoxy) is 2. The second-order valence-corrected chi connectivity index (χ2v) is 9.08. The predicted molar refractivity (Wildman–Crippen MR) is 120 cm³/mol. The zero-order valence-electron chi connectivity index (χ0n) is 17.8. The monoisotopic (exact) mass is 432 g/mol. The lowest BCUT2D eigenvalue weighted by molar-refractivity contribution is -0.0325. The number of nitrogens with zero attached hydrogens (tertiary/aromatic N) is 2. The maximum atomic E-state index is 11.9. The standard InChI is InChI=1S/C22H32N4O3S/c1-28-22(27)26-10-9-20(25-30-2)21(13-26)29-14-15-3-5-16(6-4-15)17-7-8-19-18(11-17)12-23-24-19/h7-8,11-12,15-16,20-21,25H,3-6,9-10,13-14H2,1-2H3,(H,23,24). The third kappa shape index (κ3) is 4.92. The van der Waals surface area contributed by atoms with Crippen LogP contribution in [0, 0.1) is 5.92 Å².